The zero-order valence-electron chi connectivity index (χ0n) is 18.5. The van der Waals surface area contributed by atoms with E-state index >= 15 is 0 Å². The molecule has 0 bridgehead atoms. The van der Waals surface area contributed by atoms with Crippen molar-refractivity contribution in [2.45, 2.75) is 39.2 Å². The minimum absolute atomic E-state index is 0.191. The van der Waals surface area contributed by atoms with Gasteiger partial charge in [0, 0.05) is 24.3 Å². The molecule has 0 saturated carbocycles. The second-order valence-electron chi connectivity index (χ2n) is 8.35. The van der Waals surface area contributed by atoms with Crippen molar-refractivity contribution in [3.63, 3.8) is 0 Å². The van der Waals surface area contributed by atoms with Crippen LogP contribution in [0.25, 0.3) is 0 Å². The van der Waals surface area contributed by atoms with Crippen molar-refractivity contribution in [3.8, 4) is 0 Å². The first kappa shape index (κ1) is 21.5. The second-order valence-corrected chi connectivity index (χ2v) is 8.35. The number of aryl methyl sites for hydroxylation is 2. The lowest BCUT2D eigenvalue weighted by Crippen LogP contribution is -2.52. The molecule has 1 unspecified atom stereocenters. The van der Waals surface area contributed by atoms with E-state index in [1.807, 2.05) is 26.2 Å². The Labute approximate surface area is 175 Å². The average molecular weight is 395 g/mol. The SMILES string of the molecule is CCC(Cc1ccc(C)c(C)c1)(C(=O)c1ccc(N2CCOCC2)cc1)N(C)C. The third-order valence-electron chi connectivity index (χ3n) is 6.44. The monoisotopic (exact) mass is 394 g/mol. The first-order chi connectivity index (χ1) is 13.9. The van der Waals surface area contributed by atoms with Crippen LogP contribution >= 0.6 is 0 Å². The highest BCUT2D eigenvalue weighted by Crippen LogP contribution is 2.29. The van der Waals surface area contributed by atoms with Crippen molar-refractivity contribution in [2.24, 2.45) is 0 Å². The third-order valence-corrected chi connectivity index (χ3v) is 6.44. The smallest absolute Gasteiger partial charge is 0.183 e. The van der Waals surface area contributed by atoms with Crippen LogP contribution in [-0.2, 0) is 11.2 Å². The summed E-state index contributed by atoms with van der Waals surface area (Å²) in [5.74, 6) is 0.191. The van der Waals surface area contributed by atoms with Gasteiger partial charge in [-0.25, -0.2) is 0 Å². The van der Waals surface area contributed by atoms with Crippen molar-refractivity contribution in [3.05, 3.63) is 64.7 Å². The number of ketones is 1. The van der Waals surface area contributed by atoms with Crippen LogP contribution in [0, 0.1) is 13.8 Å². The van der Waals surface area contributed by atoms with E-state index in [9.17, 15) is 4.79 Å². The molecule has 1 fully saturated rings. The molecular formula is C25H34N2O2. The molecule has 1 heterocycles. The Bertz CT molecular complexity index is 838. The fraction of sp³-hybridized carbons (Fsp3) is 0.480. The summed E-state index contributed by atoms with van der Waals surface area (Å²) in [7, 11) is 4.04. The van der Waals surface area contributed by atoms with E-state index in [-0.39, 0.29) is 5.78 Å². The number of rotatable bonds is 7. The minimum atomic E-state index is -0.553. The van der Waals surface area contributed by atoms with E-state index in [4.69, 9.17) is 4.74 Å². The van der Waals surface area contributed by atoms with E-state index in [1.165, 1.54) is 16.7 Å². The van der Waals surface area contributed by atoms with Crippen molar-refractivity contribution < 1.29 is 9.53 Å². The summed E-state index contributed by atoms with van der Waals surface area (Å²) in [5, 5.41) is 0. The van der Waals surface area contributed by atoms with Gasteiger partial charge in [-0.05, 0) is 81.7 Å². The van der Waals surface area contributed by atoms with Gasteiger partial charge in [0.15, 0.2) is 5.78 Å². The molecule has 0 amide bonds. The number of nitrogens with zero attached hydrogens (tertiary/aromatic N) is 2. The van der Waals surface area contributed by atoms with Crippen molar-refractivity contribution in [2.75, 3.05) is 45.3 Å². The number of morpholine rings is 1. The predicted octanol–water partition coefficient (Wildman–Crippen LogP) is 4.28. The summed E-state index contributed by atoms with van der Waals surface area (Å²) in [6.45, 7) is 9.69. The summed E-state index contributed by atoms with van der Waals surface area (Å²) in [4.78, 5) is 18.1. The molecule has 0 aromatic heterocycles. The molecule has 0 aliphatic carbocycles. The molecule has 1 saturated heterocycles. The Morgan fingerprint density at radius 2 is 1.69 bits per heavy atom. The molecule has 3 rings (SSSR count). The maximum Gasteiger partial charge on any atom is 0.183 e. The van der Waals surface area contributed by atoms with Crippen LogP contribution in [0.1, 0.15) is 40.4 Å². The number of anilines is 1. The van der Waals surface area contributed by atoms with Gasteiger partial charge in [-0.3, -0.25) is 9.69 Å². The minimum Gasteiger partial charge on any atom is -0.378 e. The first-order valence-corrected chi connectivity index (χ1v) is 10.6. The van der Waals surface area contributed by atoms with Gasteiger partial charge in [0.05, 0.1) is 18.8 Å². The first-order valence-electron chi connectivity index (χ1n) is 10.6. The zero-order chi connectivity index (χ0) is 21.0. The van der Waals surface area contributed by atoms with Crippen LogP contribution < -0.4 is 4.90 Å². The van der Waals surface area contributed by atoms with Crippen LogP contribution in [0.3, 0.4) is 0 Å². The van der Waals surface area contributed by atoms with Crippen LogP contribution in [0.5, 0.6) is 0 Å². The Morgan fingerprint density at radius 3 is 2.24 bits per heavy atom. The molecule has 1 atom stereocenters. The number of hydrogen-bond acceptors (Lipinski definition) is 4. The van der Waals surface area contributed by atoms with Gasteiger partial charge >= 0.3 is 0 Å². The molecule has 0 N–H and O–H groups in total. The Morgan fingerprint density at radius 1 is 1.03 bits per heavy atom. The molecule has 1 aliphatic rings. The fourth-order valence-electron chi connectivity index (χ4n) is 4.21. The molecule has 4 nitrogen and oxygen atoms in total. The van der Waals surface area contributed by atoms with Gasteiger partial charge < -0.3 is 9.64 Å². The van der Waals surface area contributed by atoms with Gasteiger partial charge in [0.1, 0.15) is 0 Å². The Hall–Kier alpha value is -2.17. The number of Topliss-reactive ketones (excluding diaryl/α,β-unsaturated/α-hetero) is 1. The number of hydrogen-bond donors (Lipinski definition) is 0. The number of carbonyl (C=O) groups excluding carboxylic acids is 1. The molecule has 2 aromatic carbocycles. The lowest BCUT2D eigenvalue weighted by Gasteiger charge is -2.38. The van der Waals surface area contributed by atoms with Crippen molar-refractivity contribution in [1.29, 1.82) is 0 Å². The van der Waals surface area contributed by atoms with E-state index in [0.29, 0.717) is 6.42 Å². The standard InChI is InChI=1S/C25H34N2O2/c1-6-25(26(4)5,18-21-8-7-19(2)20(3)17-21)24(28)22-9-11-23(12-10-22)27-13-15-29-16-14-27/h7-12,17H,6,13-16,18H2,1-5H3. The quantitative estimate of drug-likeness (QED) is 0.657. The summed E-state index contributed by atoms with van der Waals surface area (Å²) in [6, 6.07) is 14.7. The Balaban J connectivity index is 1.87. The van der Waals surface area contributed by atoms with Gasteiger partial charge in [-0.1, -0.05) is 25.1 Å². The topological polar surface area (TPSA) is 32.8 Å². The molecular weight excluding hydrogens is 360 g/mol. The molecule has 29 heavy (non-hydrogen) atoms. The van der Waals surface area contributed by atoms with Crippen LogP contribution in [-0.4, -0.2) is 56.6 Å². The van der Waals surface area contributed by atoms with E-state index < -0.39 is 5.54 Å². The molecule has 4 heteroatoms. The summed E-state index contributed by atoms with van der Waals surface area (Å²) < 4.78 is 5.44. The van der Waals surface area contributed by atoms with E-state index in [2.05, 4.69) is 60.9 Å². The number of carbonyl (C=O) groups is 1. The van der Waals surface area contributed by atoms with Crippen LogP contribution in [0.4, 0.5) is 5.69 Å². The van der Waals surface area contributed by atoms with Crippen molar-refractivity contribution in [1.82, 2.24) is 4.90 Å². The largest absolute Gasteiger partial charge is 0.378 e. The third kappa shape index (κ3) is 4.54. The number of ether oxygens (including phenoxy) is 1. The normalized spacial score (nSPS) is 16.7. The van der Waals surface area contributed by atoms with Gasteiger partial charge in [-0.15, -0.1) is 0 Å². The average Bonchev–Trinajstić information content (AvgIpc) is 2.74. The Kier molecular flexibility index (Phi) is 6.76. The highest BCUT2D eigenvalue weighted by molar-refractivity contribution is 6.03. The summed E-state index contributed by atoms with van der Waals surface area (Å²) in [5.41, 5.74) is 5.15. The fourth-order valence-corrected chi connectivity index (χ4v) is 4.21. The van der Waals surface area contributed by atoms with E-state index in [0.717, 1.165) is 44.0 Å². The zero-order valence-corrected chi connectivity index (χ0v) is 18.5. The maximum absolute atomic E-state index is 13.7. The molecule has 1 aliphatic heterocycles. The van der Waals surface area contributed by atoms with Crippen LogP contribution in [0.15, 0.2) is 42.5 Å². The molecule has 0 spiro atoms. The molecule has 0 radical (unpaired) electrons. The van der Waals surface area contributed by atoms with Gasteiger partial charge in [0.25, 0.3) is 0 Å². The van der Waals surface area contributed by atoms with Crippen molar-refractivity contribution >= 4 is 11.5 Å². The number of likely N-dealkylation sites (N-methyl/N-ethyl adjacent to an activating group) is 1. The number of benzene rings is 2. The molecule has 2 aromatic rings. The lowest BCUT2D eigenvalue weighted by molar-refractivity contribution is 0.0666. The lowest BCUT2D eigenvalue weighted by atomic mass is 9.80. The summed E-state index contributed by atoms with van der Waals surface area (Å²) >= 11 is 0. The highest BCUT2D eigenvalue weighted by Gasteiger charge is 2.39. The maximum atomic E-state index is 13.7. The van der Waals surface area contributed by atoms with Gasteiger partial charge in [0.2, 0.25) is 0 Å². The van der Waals surface area contributed by atoms with E-state index in [1.54, 1.807) is 0 Å². The predicted molar refractivity (Wildman–Crippen MR) is 120 cm³/mol. The second kappa shape index (κ2) is 9.10. The highest BCUT2D eigenvalue weighted by atomic mass is 16.5. The molecule has 156 valence electrons. The van der Waals surface area contributed by atoms with Gasteiger partial charge in [-0.2, -0.15) is 0 Å². The van der Waals surface area contributed by atoms with Crippen LogP contribution in [0.2, 0.25) is 0 Å². The summed E-state index contributed by atoms with van der Waals surface area (Å²) in [6.07, 6.45) is 1.47.